The number of methoxy groups -OCH3 is 1. The van der Waals surface area contributed by atoms with Gasteiger partial charge in [0, 0.05) is 12.1 Å². The van der Waals surface area contributed by atoms with Gasteiger partial charge in [-0.25, -0.2) is 4.39 Å². The summed E-state index contributed by atoms with van der Waals surface area (Å²) in [5, 5.41) is 3.67. The molecule has 0 spiro atoms. The fraction of sp³-hybridized carbons (Fsp3) is 0.667. The van der Waals surface area contributed by atoms with Crippen molar-refractivity contribution in [1.29, 1.82) is 0 Å². The van der Waals surface area contributed by atoms with Crippen LogP contribution in [0, 0.1) is 11.2 Å². The highest BCUT2D eigenvalue weighted by atomic mass is 19.1. The number of rotatable bonds is 4. The van der Waals surface area contributed by atoms with Crippen molar-refractivity contribution >= 4 is 0 Å². The Morgan fingerprint density at radius 1 is 1.29 bits per heavy atom. The van der Waals surface area contributed by atoms with E-state index < -0.39 is 0 Å². The van der Waals surface area contributed by atoms with E-state index in [9.17, 15) is 4.39 Å². The maximum absolute atomic E-state index is 13.8. The predicted octanol–water partition coefficient (Wildman–Crippen LogP) is 4.84. The molecule has 2 atom stereocenters. The third kappa shape index (κ3) is 4.44. The molecule has 1 fully saturated rings. The largest absolute Gasteiger partial charge is 0.494 e. The standard InChI is InChI=1S/C18H28FNO/c1-13(14-7-8-17(21-4)16(19)12-14)20-15-6-5-10-18(2,3)11-9-15/h7-8,12-13,15,20H,5-6,9-11H2,1-4H3. The van der Waals surface area contributed by atoms with Crippen LogP contribution in [-0.4, -0.2) is 13.2 Å². The van der Waals surface area contributed by atoms with Crippen molar-refractivity contribution in [2.75, 3.05) is 7.11 Å². The van der Waals surface area contributed by atoms with Gasteiger partial charge >= 0.3 is 0 Å². The molecule has 1 aliphatic rings. The first-order chi connectivity index (χ1) is 9.91. The Kier molecular flexibility index (Phi) is 5.26. The van der Waals surface area contributed by atoms with E-state index in [-0.39, 0.29) is 11.9 Å². The van der Waals surface area contributed by atoms with E-state index in [1.165, 1.54) is 39.2 Å². The second kappa shape index (κ2) is 6.78. The number of benzene rings is 1. The third-order valence-corrected chi connectivity index (χ3v) is 4.74. The highest BCUT2D eigenvalue weighted by Crippen LogP contribution is 2.34. The van der Waals surface area contributed by atoms with E-state index in [0.29, 0.717) is 17.2 Å². The molecule has 0 aromatic heterocycles. The van der Waals surface area contributed by atoms with Crippen LogP contribution < -0.4 is 10.1 Å². The van der Waals surface area contributed by atoms with Crippen LogP contribution in [0.4, 0.5) is 4.39 Å². The quantitative estimate of drug-likeness (QED) is 0.802. The number of hydrogen-bond donors (Lipinski definition) is 1. The fourth-order valence-corrected chi connectivity index (χ4v) is 3.23. The van der Waals surface area contributed by atoms with E-state index in [1.54, 1.807) is 12.1 Å². The zero-order valence-electron chi connectivity index (χ0n) is 13.7. The zero-order chi connectivity index (χ0) is 15.5. The zero-order valence-corrected chi connectivity index (χ0v) is 13.7. The Balaban J connectivity index is 1.97. The highest BCUT2D eigenvalue weighted by Gasteiger charge is 2.25. The van der Waals surface area contributed by atoms with Gasteiger partial charge in [0.2, 0.25) is 0 Å². The first-order valence-corrected chi connectivity index (χ1v) is 8.01. The van der Waals surface area contributed by atoms with Gasteiger partial charge in [-0.05, 0) is 55.7 Å². The summed E-state index contributed by atoms with van der Waals surface area (Å²) in [5.41, 5.74) is 1.45. The number of nitrogens with one attached hydrogen (secondary N) is 1. The van der Waals surface area contributed by atoms with Gasteiger partial charge in [0.15, 0.2) is 11.6 Å². The maximum atomic E-state index is 13.8. The van der Waals surface area contributed by atoms with Crippen molar-refractivity contribution in [2.45, 2.75) is 65.0 Å². The highest BCUT2D eigenvalue weighted by molar-refractivity contribution is 5.30. The fourth-order valence-electron chi connectivity index (χ4n) is 3.23. The second-order valence-electron chi connectivity index (χ2n) is 7.07. The van der Waals surface area contributed by atoms with E-state index in [0.717, 1.165) is 5.56 Å². The predicted molar refractivity (Wildman–Crippen MR) is 85.2 cm³/mol. The maximum Gasteiger partial charge on any atom is 0.165 e. The van der Waals surface area contributed by atoms with Crippen LogP contribution in [0.2, 0.25) is 0 Å². The minimum atomic E-state index is -0.286. The normalized spacial score (nSPS) is 23.4. The number of ether oxygens (including phenoxy) is 1. The Hall–Kier alpha value is -1.09. The van der Waals surface area contributed by atoms with Crippen molar-refractivity contribution in [1.82, 2.24) is 5.32 Å². The minimum Gasteiger partial charge on any atom is -0.494 e. The molecule has 0 amide bonds. The molecule has 1 N–H and O–H groups in total. The molecule has 0 radical (unpaired) electrons. The Morgan fingerprint density at radius 2 is 2.05 bits per heavy atom. The summed E-state index contributed by atoms with van der Waals surface area (Å²) in [6.07, 6.45) is 6.25. The van der Waals surface area contributed by atoms with Crippen molar-refractivity contribution in [3.63, 3.8) is 0 Å². The summed E-state index contributed by atoms with van der Waals surface area (Å²) in [4.78, 5) is 0. The van der Waals surface area contributed by atoms with Crippen molar-refractivity contribution < 1.29 is 9.13 Å². The summed E-state index contributed by atoms with van der Waals surface area (Å²) in [5.74, 6) is 0.0211. The van der Waals surface area contributed by atoms with Gasteiger partial charge in [0.05, 0.1) is 7.11 Å². The molecule has 1 saturated carbocycles. The first-order valence-electron chi connectivity index (χ1n) is 8.01. The third-order valence-electron chi connectivity index (χ3n) is 4.74. The van der Waals surface area contributed by atoms with Crippen molar-refractivity contribution in [3.8, 4) is 5.75 Å². The number of halogens is 1. The Morgan fingerprint density at radius 3 is 2.71 bits per heavy atom. The molecule has 0 heterocycles. The summed E-state index contributed by atoms with van der Waals surface area (Å²) in [6.45, 7) is 6.83. The molecule has 21 heavy (non-hydrogen) atoms. The number of hydrogen-bond acceptors (Lipinski definition) is 2. The van der Waals surface area contributed by atoms with Gasteiger partial charge in [0.1, 0.15) is 0 Å². The molecule has 1 aliphatic carbocycles. The second-order valence-corrected chi connectivity index (χ2v) is 7.07. The molecule has 1 aromatic rings. The monoisotopic (exact) mass is 293 g/mol. The van der Waals surface area contributed by atoms with Gasteiger partial charge in [-0.15, -0.1) is 0 Å². The van der Waals surface area contributed by atoms with E-state index in [4.69, 9.17) is 4.74 Å². The average molecular weight is 293 g/mol. The molecule has 2 nitrogen and oxygen atoms in total. The molecular weight excluding hydrogens is 265 g/mol. The Labute approximate surface area is 128 Å². The summed E-state index contributed by atoms with van der Waals surface area (Å²) in [6, 6.07) is 5.93. The first kappa shape index (κ1) is 16.3. The lowest BCUT2D eigenvalue weighted by Crippen LogP contribution is -2.31. The summed E-state index contributed by atoms with van der Waals surface area (Å²) < 4.78 is 18.8. The van der Waals surface area contributed by atoms with E-state index in [2.05, 4.69) is 26.1 Å². The molecule has 2 unspecified atom stereocenters. The smallest absolute Gasteiger partial charge is 0.165 e. The lowest BCUT2D eigenvalue weighted by atomic mass is 9.85. The molecule has 118 valence electrons. The van der Waals surface area contributed by atoms with E-state index in [1.807, 2.05) is 6.07 Å². The molecule has 2 rings (SSSR count). The van der Waals surface area contributed by atoms with Crippen LogP contribution in [0.15, 0.2) is 18.2 Å². The van der Waals surface area contributed by atoms with Gasteiger partial charge in [-0.2, -0.15) is 0 Å². The molecular formula is C18H28FNO. The van der Waals surface area contributed by atoms with Gasteiger partial charge in [-0.1, -0.05) is 26.3 Å². The van der Waals surface area contributed by atoms with Crippen LogP contribution in [0.5, 0.6) is 5.75 Å². The molecule has 1 aromatic carbocycles. The average Bonchev–Trinajstić information content (AvgIpc) is 2.60. The minimum absolute atomic E-state index is 0.164. The van der Waals surface area contributed by atoms with Gasteiger partial charge < -0.3 is 10.1 Å². The van der Waals surface area contributed by atoms with Crippen LogP contribution >= 0.6 is 0 Å². The van der Waals surface area contributed by atoms with Gasteiger partial charge in [-0.3, -0.25) is 0 Å². The molecule has 3 heteroatoms. The van der Waals surface area contributed by atoms with Crippen LogP contribution in [0.3, 0.4) is 0 Å². The molecule has 0 aliphatic heterocycles. The topological polar surface area (TPSA) is 21.3 Å². The van der Waals surface area contributed by atoms with Crippen LogP contribution in [-0.2, 0) is 0 Å². The lowest BCUT2D eigenvalue weighted by Gasteiger charge is -2.24. The molecule has 0 saturated heterocycles. The van der Waals surface area contributed by atoms with Crippen molar-refractivity contribution in [2.24, 2.45) is 5.41 Å². The van der Waals surface area contributed by atoms with Crippen LogP contribution in [0.25, 0.3) is 0 Å². The van der Waals surface area contributed by atoms with Gasteiger partial charge in [0.25, 0.3) is 0 Å². The SMILES string of the molecule is COc1ccc(C(C)NC2CCCC(C)(C)CC2)cc1F. The van der Waals surface area contributed by atoms with Crippen molar-refractivity contribution in [3.05, 3.63) is 29.6 Å². The summed E-state index contributed by atoms with van der Waals surface area (Å²) in [7, 11) is 1.49. The molecule has 0 bridgehead atoms. The lowest BCUT2D eigenvalue weighted by molar-refractivity contribution is 0.307. The van der Waals surface area contributed by atoms with E-state index >= 15 is 0 Å². The summed E-state index contributed by atoms with van der Waals surface area (Å²) >= 11 is 0. The Bertz CT molecular complexity index is 472. The van der Waals surface area contributed by atoms with Crippen LogP contribution in [0.1, 0.15) is 64.5 Å².